The maximum atomic E-state index is 13.0. The number of methoxy groups -OCH3 is 1. The van der Waals surface area contributed by atoms with E-state index in [-0.39, 0.29) is 11.8 Å². The number of carbonyl (C=O) groups is 2. The highest BCUT2D eigenvalue weighted by molar-refractivity contribution is 6.04. The van der Waals surface area contributed by atoms with Crippen molar-refractivity contribution in [3.05, 3.63) is 47.5 Å². The number of hydrogen-bond donors (Lipinski definition) is 3. The topological polar surface area (TPSA) is 109 Å². The first-order valence-corrected chi connectivity index (χ1v) is 11.5. The Bertz CT molecular complexity index is 1080. The Morgan fingerprint density at radius 1 is 1.12 bits per heavy atom. The van der Waals surface area contributed by atoms with Crippen LogP contribution in [0.4, 0.5) is 11.4 Å². The lowest BCUT2D eigenvalue weighted by Crippen LogP contribution is -2.48. The predicted molar refractivity (Wildman–Crippen MR) is 131 cm³/mol. The number of piperazine rings is 1. The van der Waals surface area contributed by atoms with Gasteiger partial charge in [-0.1, -0.05) is 0 Å². The van der Waals surface area contributed by atoms with Crippen LogP contribution in [0.25, 0.3) is 0 Å². The molecule has 2 aliphatic rings. The van der Waals surface area contributed by atoms with Gasteiger partial charge in [0.25, 0.3) is 5.91 Å². The molecular weight excluding hydrogens is 434 g/mol. The summed E-state index contributed by atoms with van der Waals surface area (Å²) in [5.41, 5.74) is 3.08. The van der Waals surface area contributed by atoms with Crippen molar-refractivity contribution in [2.45, 2.75) is 25.9 Å². The van der Waals surface area contributed by atoms with Crippen molar-refractivity contribution in [2.75, 3.05) is 50.6 Å². The molecule has 0 spiro atoms. The van der Waals surface area contributed by atoms with Gasteiger partial charge in [0.2, 0.25) is 5.84 Å². The zero-order valence-electron chi connectivity index (χ0n) is 19.9. The number of hydrogen-bond acceptors (Lipinski definition) is 6. The van der Waals surface area contributed by atoms with Crippen molar-refractivity contribution < 1.29 is 24.5 Å². The summed E-state index contributed by atoms with van der Waals surface area (Å²) in [6.45, 7) is 5.31. The zero-order chi connectivity index (χ0) is 24.2. The minimum Gasteiger partial charge on any atom is -0.497 e. The van der Waals surface area contributed by atoms with E-state index in [0.717, 1.165) is 55.3 Å². The van der Waals surface area contributed by atoms with Gasteiger partial charge in [0.15, 0.2) is 6.10 Å². The molecule has 180 valence electrons. The lowest BCUT2D eigenvalue weighted by atomic mass is 9.99. The molecule has 0 saturated carbocycles. The Morgan fingerprint density at radius 3 is 2.47 bits per heavy atom. The van der Waals surface area contributed by atoms with Crippen molar-refractivity contribution in [1.82, 2.24) is 10.2 Å². The molecule has 4 N–H and O–H groups in total. The predicted octanol–water partition coefficient (Wildman–Crippen LogP) is 0.687. The number of rotatable bonds is 5. The number of anilines is 2. The molecular formula is C25H32N5O4+. The molecule has 2 amide bonds. The number of amidine groups is 1. The highest BCUT2D eigenvalue weighted by Gasteiger charge is 2.31. The molecule has 4 rings (SSSR count). The standard InChI is InChI=1S/C25H31N5O4/c1-16(26)27-24(31)17-4-7-19(8-5-17)28-25(32)22-9-6-18-14-20(33-3)15-21(23(18)34-22)30-12-10-29(2)11-13-30/h4-5,7-8,14-15,22H,6,9-13H2,1-3H3,(H,28,32)(H2,26,27,31)/p+1. The van der Waals surface area contributed by atoms with E-state index in [1.54, 1.807) is 38.3 Å². The van der Waals surface area contributed by atoms with Crippen LogP contribution in [0.15, 0.2) is 36.4 Å². The van der Waals surface area contributed by atoms with Crippen molar-refractivity contribution in [3.8, 4) is 11.5 Å². The van der Waals surface area contributed by atoms with E-state index in [4.69, 9.17) is 14.9 Å². The third-order valence-corrected chi connectivity index (χ3v) is 6.15. The van der Waals surface area contributed by atoms with Gasteiger partial charge < -0.3 is 24.6 Å². The van der Waals surface area contributed by atoms with Crippen molar-refractivity contribution in [2.24, 2.45) is 0 Å². The Balaban J connectivity index is 1.47. The Labute approximate surface area is 199 Å². The first-order chi connectivity index (χ1) is 16.3. The van der Waals surface area contributed by atoms with Gasteiger partial charge in [0.1, 0.15) is 11.5 Å². The van der Waals surface area contributed by atoms with Gasteiger partial charge in [-0.15, -0.1) is 0 Å². The van der Waals surface area contributed by atoms with Gasteiger partial charge in [-0.25, -0.2) is 10.1 Å². The van der Waals surface area contributed by atoms with Crippen LogP contribution in [0.2, 0.25) is 0 Å². The first kappa shape index (κ1) is 23.6. The molecule has 2 heterocycles. The fourth-order valence-electron chi connectivity index (χ4n) is 4.22. The number of nitrogens with one attached hydrogen (secondary N) is 2. The molecule has 0 aromatic heterocycles. The molecule has 9 heteroatoms. The van der Waals surface area contributed by atoms with Crippen LogP contribution in [0.3, 0.4) is 0 Å². The molecule has 1 unspecified atom stereocenters. The minimum absolute atomic E-state index is 0.214. The lowest BCUT2D eigenvalue weighted by molar-refractivity contribution is -0.123. The smallest absolute Gasteiger partial charge is 0.338 e. The van der Waals surface area contributed by atoms with Crippen LogP contribution >= 0.6 is 0 Å². The van der Waals surface area contributed by atoms with E-state index in [9.17, 15) is 9.59 Å². The second kappa shape index (κ2) is 10.1. The molecule has 1 atom stereocenters. The highest BCUT2D eigenvalue weighted by Crippen LogP contribution is 2.41. The number of carbonyl (C=O) groups excluding carboxylic acids is 2. The molecule has 2 aliphatic heterocycles. The average Bonchev–Trinajstić information content (AvgIpc) is 2.83. The summed E-state index contributed by atoms with van der Waals surface area (Å²) >= 11 is 0. The van der Waals surface area contributed by atoms with Crippen LogP contribution in [0.5, 0.6) is 11.5 Å². The molecule has 1 saturated heterocycles. The summed E-state index contributed by atoms with van der Waals surface area (Å²) in [6, 6.07) is 10.7. The largest absolute Gasteiger partial charge is 0.497 e. The summed E-state index contributed by atoms with van der Waals surface area (Å²) in [6.07, 6.45) is 0.684. The lowest BCUT2D eigenvalue weighted by Gasteiger charge is -2.37. The average molecular weight is 467 g/mol. The number of fused-ring (bicyclic) bond motifs is 1. The number of ether oxygens (including phenoxy) is 2. The SMILES string of the molecule is COc1cc2c(c(N3CCN(C)CC3)c1)OC(C(=O)Nc1ccc(C(=O)NC(C)=[NH2+])cc1)CC2. The van der Waals surface area contributed by atoms with E-state index in [1.165, 1.54) is 0 Å². The minimum atomic E-state index is -0.607. The third-order valence-electron chi connectivity index (χ3n) is 6.15. The fraction of sp³-hybridized carbons (Fsp3) is 0.400. The summed E-state index contributed by atoms with van der Waals surface area (Å²) in [4.78, 5) is 29.7. The maximum Gasteiger partial charge on any atom is 0.338 e. The molecule has 0 radical (unpaired) electrons. The Hall–Kier alpha value is -3.59. The first-order valence-electron chi connectivity index (χ1n) is 11.5. The molecule has 2 aromatic rings. The zero-order valence-corrected chi connectivity index (χ0v) is 19.9. The molecule has 2 aromatic carbocycles. The number of benzene rings is 2. The van der Waals surface area contributed by atoms with E-state index in [2.05, 4.69) is 27.5 Å². The van der Waals surface area contributed by atoms with Crippen molar-refractivity contribution in [1.29, 1.82) is 0 Å². The Kier molecular flexibility index (Phi) is 7.02. The summed E-state index contributed by atoms with van der Waals surface area (Å²) < 4.78 is 11.8. The van der Waals surface area contributed by atoms with Gasteiger partial charge >= 0.3 is 5.91 Å². The van der Waals surface area contributed by atoms with Crippen LogP contribution in [0, 0.1) is 0 Å². The fourth-order valence-corrected chi connectivity index (χ4v) is 4.22. The second-order valence-corrected chi connectivity index (χ2v) is 8.77. The van der Waals surface area contributed by atoms with E-state index in [1.807, 2.05) is 12.1 Å². The molecule has 34 heavy (non-hydrogen) atoms. The Morgan fingerprint density at radius 2 is 1.82 bits per heavy atom. The molecule has 9 nitrogen and oxygen atoms in total. The van der Waals surface area contributed by atoms with Gasteiger partial charge in [-0.05, 0) is 50.2 Å². The maximum absolute atomic E-state index is 13.0. The van der Waals surface area contributed by atoms with Gasteiger partial charge in [0, 0.05) is 50.4 Å². The number of nitrogens with two attached hydrogens (primary N) is 1. The van der Waals surface area contributed by atoms with E-state index in [0.29, 0.717) is 23.5 Å². The molecule has 0 aliphatic carbocycles. The summed E-state index contributed by atoms with van der Waals surface area (Å²) in [5.74, 6) is 1.37. The summed E-state index contributed by atoms with van der Waals surface area (Å²) in [5, 5.41) is 11.0. The quantitative estimate of drug-likeness (QED) is 0.442. The second-order valence-electron chi connectivity index (χ2n) is 8.77. The van der Waals surface area contributed by atoms with E-state index >= 15 is 0 Å². The summed E-state index contributed by atoms with van der Waals surface area (Å²) in [7, 11) is 3.78. The number of likely N-dealkylation sites (N-methyl/N-ethyl adjacent to an activating group) is 1. The van der Waals surface area contributed by atoms with Crippen molar-refractivity contribution in [3.63, 3.8) is 0 Å². The third kappa shape index (κ3) is 5.31. The van der Waals surface area contributed by atoms with Gasteiger partial charge in [0.05, 0.1) is 18.4 Å². The number of amides is 2. The van der Waals surface area contributed by atoms with Crippen LogP contribution in [0.1, 0.15) is 29.3 Å². The van der Waals surface area contributed by atoms with Crippen LogP contribution in [-0.2, 0) is 11.2 Å². The van der Waals surface area contributed by atoms with E-state index < -0.39 is 6.10 Å². The number of aryl methyl sites for hydroxylation is 1. The molecule has 0 bridgehead atoms. The monoisotopic (exact) mass is 466 g/mol. The van der Waals surface area contributed by atoms with Gasteiger partial charge in [-0.3, -0.25) is 10.2 Å². The van der Waals surface area contributed by atoms with Crippen LogP contribution in [-0.4, -0.2) is 69.0 Å². The van der Waals surface area contributed by atoms with Crippen LogP contribution < -0.4 is 30.4 Å². The molecule has 1 fully saturated rings. The normalized spacial score (nSPS) is 17.9. The number of nitrogens with zero attached hydrogens (tertiary/aromatic N) is 2. The van der Waals surface area contributed by atoms with Gasteiger partial charge in [-0.2, -0.15) is 0 Å². The van der Waals surface area contributed by atoms with Crippen molar-refractivity contribution >= 4 is 29.0 Å². The highest BCUT2D eigenvalue weighted by atomic mass is 16.5.